The molecule has 0 fully saturated rings. The van der Waals surface area contributed by atoms with Gasteiger partial charge < -0.3 is 16.2 Å². The van der Waals surface area contributed by atoms with E-state index < -0.39 is 0 Å². The Labute approximate surface area is 157 Å². The molecular weight excluding hydrogens is 355 g/mol. The van der Waals surface area contributed by atoms with Gasteiger partial charge in [0.1, 0.15) is 18.2 Å². The van der Waals surface area contributed by atoms with Crippen molar-refractivity contribution in [2.45, 2.75) is 26.9 Å². The lowest BCUT2D eigenvalue weighted by Crippen LogP contribution is -2.22. The zero-order valence-corrected chi connectivity index (χ0v) is 15.5. The summed E-state index contributed by atoms with van der Waals surface area (Å²) in [6, 6.07) is 11.4. The van der Waals surface area contributed by atoms with E-state index in [0.29, 0.717) is 28.8 Å². The van der Waals surface area contributed by atoms with Crippen LogP contribution in [0.3, 0.4) is 0 Å². The second-order valence-corrected chi connectivity index (χ2v) is 6.66. The fourth-order valence-electron chi connectivity index (χ4n) is 2.30. The Balaban J connectivity index is 2.33. The highest BCUT2D eigenvalue weighted by molar-refractivity contribution is 6.31. The summed E-state index contributed by atoms with van der Waals surface area (Å²) in [4.78, 5) is 0. The normalized spacial score (nSPS) is 11.5. The van der Waals surface area contributed by atoms with Crippen LogP contribution in [0.1, 0.15) is 31.4 Å². The van der Waals surface area contributed by atoms with E-state index >= 15 is 0 Å². The van der Waals surface area contributed by atoms with Crippen LogP contribution in [0, 0.1) is 11.7 Å². The maximum Gasteiger partial charge on any atom is 0.211 e. The largest absolute Gasteiger partial charge is 0.488 e. The van der Waals surface area contributed by atoms with Crippen LogP contribution in [0.5, 0.6) is 5.75 Å². The molecule has 0 spiro atoms. The molecule has 0 aliphatic heterocycles. The molecule has 0 aliphatic carbocycles. The van der Waals surface area contributed by atoms with Crippen molar-refractivity contribution < 1.29 is 9.13 Å². The Bertz CT molecular complexity index is 800. The van der Waals surface area contributed by atoms with E-state index in [1.54, 1.807) is 30.3 Å². The number of nitrogens with zero attached hydrogens (tertiary/aromatic N) is 2. The number of ether oxygens (including phenoxy) is 1. The van der Waals surface area contributed by atoms with Crippen molar-refractivity contribution in [1.82, 2.24) is 0 Å². The topological polar surface area (TPSA) is 86.0 Å². The third-order valence-corrected chi connectivity index (χ3v) is 3.68. The van der Waals surface area contributed by atoms with E-state index in [1.807, 2.05) is 0 Å². The van der Waals surface area contributed by atoms with E-state index in [1.165, 1.54) is 12.1 Å². The van der Waals surface area contributed by atoms with E-state index in [2.05, 4.69) is 24.1 Å². The van der Waals surface area contributed by atoms with Crippen LogP contribution in [-0.4, -0.2) is 11.7 Å². The Morgan fingerprint density at radius 2 is 1.81 bits per heavy atom. The Kier molecular flexibility index (Phi) is 6.97. The average molecular weight is 377 g/mol. The molecule has 2 aromatic rings. The van der Waals surface area contributed by atoms with Gasteiger partial charge in [-0.15, -0.1) is 5.10 Å². The first kappa shape index (κ1) is 19.7. The van der Waals surface area contributed by atoms with Crippen molar-refractivity contribution in [3.63, 3.8) is 0 Å². The van der Waals surface area contributed by atoms with Gasteiger partial charge in [0.2, 0.25) is 5.96 Å². The van der Waals surface area contributed by atoms with Gasteiger partial charge in [0.15, 0.2) is 0 Å². The maximum atomic E-state index is 13.0. The van der Waals surface area contributed by atoms with E-state index in [4.69, 9.17) is 27.8 Å². The molecule has 0 radical (unpaired) electrons. The Morgan fingerprint density at radius 3 is 2.42 bits per heavy atom. The lowest BCUT2D eigenvalue weighted by atomic mass is 9.99. The number of halogens is 2. The predicted octanol–water partition coefficient (Wildman–Crippen LogP) is 4.08. The van der Waals surface area contributed by atoms with E-state index in [9.17, 15) is 4.39 Å². The minimum Gasteiger partial charge on any atom is -0.488 e. The molecule has 7 heteroatoms. The van der Waals surface area contributed by atoms with Crippen LogP contribution in [0.2, 0.25) is 5.02 Å². The molecule has 0 unspecified atom stereocenters. The highest BCUT2D eigenvalue weighted by atomic mass is 35.5. The highest BCUT2D eigenvalue weighted by Crippen LogP contribution is 2.27. The van der Waals surface area contributed by atoms with Crippen LogP contribution < -0.4 is 16.2 Å². The molecule has 0 aliphatic rings. The summed E-state index contributed by atoms with van der Waals surface area (Å²) in [5.41, 5.74) is 13.0. The monoisotopic (exact) mass is 376 g/mol. The number of hydrogen-bond donors (Lipinski definition) is 2. The minimum absolute atomic E-state index is 0.123. The molecule has 26 heavy (non-hydrogen) atoms. The zero-order valence-electron chi connectivity index (χ0n) is 14.7. The van der Waals surface area contributed by atoms with Gasteiger partial charge in [-0.05, 0) is 48.2 Å². The molecule has 0 atom stereocenters. The number of rotatable bonds is 7. The molecule has 138 valence electrons. The number of benzene rings is 2. The molecule has 0 amide bonds. The first-order valence-electron chi connectivity index (χ1n) is 8.17. The van der Waals surface area contributed by atoms with Gasteiger partial charge in [0.25, 0.3) is 0 Å². The zero-order chi connectivity index (χ0) is 19.1. The second kappa shape index (κ2) is 9.20. The molecular formula is C19H22ClFN4O. The van der Waals surface area contributed by atoms with Crippen LogP contribution >= 0.6 is 11.6 Å². The second-order valence-electron chi connectivity index (χ2n) is 6.23. The number of hydrogen-bond acceptors (Lipinski definition) is 3. The Morgan fingerprint density at radius 1 is 1.12 bits per heavy atom. The van der Waals surface area contributed by atoms with Crippen LogP contribution in [0.15, 0.2) is 52.7 Å². The van der Waals surface area contributed by atoms with Gasteiger partial charge in [-0.3, -0.25) is 0 Å². The first-order chi connectivity index (χ1) is 12.3. The summed E-state index contributed by atoms with van der Waals surface area (Å²) in [5.74, 6) is 0.516. The van der Waals surface area contributed by atoms with Crippen molar-refractivity contribution in [1.29, 1.82) is 0 Å². The highest BCUT2D eigenvalue weighted by Gasteiger charge is 2.14. The van der Waals surface area contributed by atoms with Gasteiger partial charge >= 0.3 is 0 Å². The van der Waals surface area contributed by atoms with Crippen molar-refractivity contribution in [2.24, 2.45) is 27.6 Å². The summed E-state index contributed by atoms with van der Waals surface area (Å²) in [7, 11) is 0. The van der Waals surface area contributed by atoms with Gasteiger partial charge in [0, 0.05) is 10.6 Å². The molecule has 5 nitrogen and oxygen atoms in total. The van der Waals surface area contributed by atoms with Crippen molar-refractivity contribution in [2.75, 3.05) is 0 Å². The van der Waals surface area contributed by atoms with Crippen LogP contribution in [0.4, 0.5) is 4.39 Å². The van der Waals surface area contributed by atoms with Crippen LogP contribution in [-0.2, 0) is 6.61 Å². The minimum atomic E-state index is -0.287. The van der Waals surface area contributed by atoms with E-state index in [0.717, 1.165) is 11.1 Å². The van der Waals surface area contributed by atoms with Gasteiger partial charge in [-0.1, -0.05) is 37.6 Å². The van der Waals surface area contributed by atoms with Gasteiger partial charge in [-0.2, -0.15) is 5.10 Å². The molecule has 0 heterocycles. The molecule has 0 bridgehead atoms. The first-order valence-corrected chi connectivity index (χ1v) is 8.55. The fourth-order valence-corrected chi connectivity index (χ4v) is 2.48. The van der Waals surface area contributed by atoms with Gasteiger partial charge in [-0.25, -0.2) is 4.39 Å². The van der Waals surface area contributed by atoms with Crippen molar-refractivity contribution >= 4 is 23.3 Å². The third-order valence-electron chi connectivity index (χ3n) is 3.45. The Hall–Kier alpha value is -2.60. The SMILES string of the molecule is CC(C)C/C(=N\N=C(N)N)c1cc(Cl)ccc1OCc1ccc(F)cc1. The quantitative estimate of drug-likeness (QED) is 0.433. The molecule has 2 aromatic carbocycles. The summed E-state index contributed by atoms with van der Waals surface area (Å²) in [5, 5.41) is 8.49. The fraction of sp³-hybridized carbons (Fsp3) is 0.263. The summed E-state index contributed by atoms with van der Waals surface area (Å²) < 4.78 is 18.9. The predicted molar refractivity (Wildman–Crippen MR) is 104 cm³/mol. The summed E-state index contributed by atoms with van der Waals surface area (Å²) >= 11 is 6.16. The van der Waals surface area contributed by atoms with Gasteiger partial charge in [0.05, 0.1) is 5.71 Å². The lowest BCUT2D eigenvalue weighted by Gasteiger charge is -2.15. The summed E-state index contributed by atoms with van der Waals surface area (Å²) in [6.45, 7) is 4.41. The molecule has 0 aromatic heterocycles. The molecule has 0 saturated carbocycles. The number of nitrogens with two attached hydrogens (primary N) is 2. The van der Waals surface area contributed by atoms with Crippen molar-refractivity contribution in [3.8, 4) is 5.75 Å². The third kappa shape index (κ3) is 6.04. The smallest absolute Gasteiger partial charge is 0.211 e. The van der Waals surface area contributed by atoms with Crippen LogP contribution in [0.25, 0.3) is 0 Å². The molecule has 0 saturated heterocycles. The average Bonchev–Trinajstić information content (AvgIpc) is 2.58. The maximum absolute atomic E-state index is 13.0. The number of guanidine groups is 1. The van der Waals surface area contributed by atoms with Crippen molar-refractivity contribution in [3.05, 3.63) is 64.4 Å². The standard InChI is InChI=1S/C19H22ClFN4O/c1-12(2)9-17(24-25-19(22)23)16-10-14(20)5-8-18(16)26-11-13-3-6-15(21)7-4-13/h3-8,10,12H,9,11H2,1-2H3,(H4,22,23,25)/b24-17+. The van der Waals surface area contributed by atoms with E-state index in [-0.39, 0.29) is 18.4 Å². The summed E-state index contributed by atoms with van der Waals surface area (Å²) in [6.07, 6.45) is 0.643. The molecule has 2 rings (SSSR count). The molecule has 4 N–H and O–H groups in total. The lowest BCUT2D eigenvalue weighted by molar-refractivity contribution is 0.305.